The van der Waals surface area contributed by atoms with Crippen molar-refractivity contribution < 1.29 is 41.4 Å². The average Bonchev–Trinajstić information content (AvgIpc) is 3.30. The van der Waals surface area contributed by atoms with Gasteiger partial charge in [-0.05, 0) is 39.0 Å². The van der Waals surface area contributed by atoms with Crippen molar-refractivity contribution in [1.82, 2.24) is 19.7 Å². The fourth-order valence-electron chi connectivity index (χ4n) is 5.10. The van der Waals surface area contributed by atoms with Crippen molar-refractivity contribution in [3.8, 4) is 0 Å². The Labute approximate surface area is 235 Å². The van der Waals surface area contributed by atoms with Gasteiger partial charge in [-0.1, -0.05) is 23.2 Å². The summed E-state index contributed by atoms with van der Waals surface area (Å²) in [5.74, 6) is -4.18. The fourth-order valence-corrected chi connectivity index (χ4v) is 5.68. The average molecular weight is 611 g/mol. The fraction of sp³-hybridized carbons (Fsp3) is 0.560. The lowest BCUT2D eigenvalue weighted by atomic mass is 9.74. The van der Waals surface area contributed by atoms with Gasteiger partial charge in [0.25, 0.3) is 5.91 Å². The number of carboxylic acids is 1. The maximum atomic E-state index is 14.5. The van der Waals surface area contributed by atoms with Crippen LogP contribution in [-0.4, -0.2) is 67.9 Å². The predicted octanol–water partition coefficient (Wildman–Crippen LogP) is 5.83. The molecule has 1 unspecified atom stereocenters. The predicted molar refractivity (Wildman–Crippen MR) is 133 cm³/mol. The second-order valence-corrected chi connectivity index (χ2v) is 11.4. The van der Waals surface area contributed by atoms with E-state index in [1.54, 1.807) is 0 Å². The largest absolute Gasteiger partial charge is 0.481 e. The summed E-state index contributed by atoms with van der Waals surface area (Å²) in [6.07, 6.45) is -2.00. The van der Waals surface area contributed by atoms with Gasteiger partial charge in [0, 0.05) is 24.9 Å². The number of carboxylic acid groups (broad SMARTS) is 1. The summed E-state index contributed by atoms with van der Waals surface area (Å²) in [5, 5.41) is 13.0. The van der Waals surface area contributed by atoms with Crippen LogP contribution < -0.4 is 0 Å². The van der Waals surface area contributed by atoms with Crippen molar-refractivity contribution in [1.29, 1.82) is 0 Å². The first kappa shape index (κ1) is 30.2. The number of carbonyl (C=O) groups is 3. The number of pyridine rings is 1. The molecular formula is C25H25Cl2F5N4O4. The molecule has 2 fully saturated rings. The molecule has 0 spiro atoms. The van der Waals surface area contributed by atoms with E-state index >= 15 is 0 Å². The van der Waals surface area contributed by atoms with E-state index in [4.69, 9.17) is 23.2 Å². The van der Waals surface area contributed by atoms with Crippen LogP contribution in [0.25, 0.3) is 0 Å². The Morgan fingerprint density at radius 1 is 1.15 bits per heavy atom. The van der Waals surface area contributed by atoms with Gasteiger partial charge < -0.3 is 10.0 Å². The summed E-state index contributed by atoms with van der Waals surface area (Å²) in [6, 6.07) is -0.830. The number of ketones is 1. The third kappa shape index (κ3) is 5.81. The summed E-state index contributed by atoms with van der Waals surface area (Å²) in [4.78, 5) is 42.6. The number of halogens is 7. The molecule has 15 heteroatoms. The van der Waals surface area contributed by atoms with Crippen molar-refractivity contribution in [3.05, 3.63) is 45.5 Å². The minimum atomic E-state index is -5.05. The molecule has 1 amide bonds. The van der Waals surface area contributed by atoms with Crippen LogP contribution in [0.3, 0.4) is 0 Å². The van der Waals surface area contributed by atoms with Crippen LogP contribution in [0, 0.1) is 11.3 Å². The number of aromatic nitrogens is 3. The summed E-state index contributed by atoms with van der Waals surface area (Å²) in [7, 11) is 0. The molecule has 2 saturated carbocycles. The van der Waals surface area contributed by atoms with Gasteiger partial charge in [-0.3, -0.25) is 24.0 Å². The van der Waals surface area contributed by atoms with Crippen molar-refractivity contribution in [2.45, 2.75) is 56.9 Å². The van der Waals surface area contributed by atoms with Crippen LogP contribution in [-0.2, 0) is 11.0 Å². The molecular weight excluding hydrogens is 586 g/mol. The quantitative estimate of drug-likeness (QED) is 0.283. The Balaban J connectivity index is 1.67. The lowest BCUT2D eigenvalue weighted by Gasteiger charge is -2.34. The molecule has 0 aliphatic heterocycles. The second kappa shape index (κ2) is 10.9. The standard InChI is InChI=1S/C25H25Cl2F5N4O4/c1-23(22(39)40)4-2-14(3-5-23)36-20(25(30,31)32)15(7-34-36)21(38)35(10-13-6-24(13,29)12-28)11-18(37)19-16(26)8-33-9-17(19)27/h7-9,13-14H,2-6,10-12H2,1H3,(H,39,40)/t13-,14-,23-,24?/m1/s1. The molecule has 2 aliphatic carbocycles. The molecule has 0 saturated heterocycles. The molecule has 2 atom stereocenters. The number of hydrogen-bond acceptors (Lipinski definition) is 5. The highest BCUT2D eigenvalue weighted by Crippen LogP contribution is 2.48. The van der Waals surface area contributed by atoms with E-state index in [1.807, 2.05) is 0 Å². The number of aliphatic carboxylic acids is 1. The van der Waals surface area contributed by atoms with E-state index in [0.29, 0.717) is 4.68 Å². The van der Waals surface area contributed by atoms with Crippen LogP contribution in [0.5, 0.6) is 0 Å². The van der Waals surface area contributed by atoms with E-state index in [1.165, 1.54) is 6.92 Å². The number of Topliss-reactive ketones (excluding diaryl/α,β-unsaturated/α-hetero) is 1. The van der Waals surface area contributed by atoms with Gasteiger partial charge in [0.1, 0.15) is 12.3 Å². The van der Waals surface area contributed by atoms with Gasteiger partial charge in [0.2, 0.25) is 0 Å². The SMILES string of the molecule is C[C@]1(C(=O)O)CC[C@H](n2ncc(C(=O)N(CC(=O)c3c(Cl)cncc3Cl)C[C@H]3CC3(F)CF)c2C(F)(F)F)CC1. The summed E-state index contributed by atoms with van der Waals surface area (Å²) >= 11 is 12.0. The van der Waals surface area contributed by atoms with Crippen molar-refractivity contribution in [3.63, 3.8) is 0 Å². The first-order valence-corrected chi connectivity index (χ1v) is 13.1. The molecule has 0 radical (unpaired) electrons. The summed E-state index contributed by atoms with van der Waals surface area (Å²) in [5.41, 5.74) is -5.80. The van der Waals surface area contributed by atoms with Crippen molar-refractivity contribution in [2.75, 3.05) is 19.8 Å². The molecule has 2 aromatic heterocycles. The maximum Gasteiger partial charge on any atom is 0.433 e. The highest BCUT2D eigenvalue weighted by atomic mass is 35.5. The molecule has 8 nitrogen and oxygen atoms in total. The number of carbonyl (C=O) groups excluding carboxylic acids is 2. The van der Waals surface area contributed by atoms with E-state index < -0.39 is 77.9 Å². The zero-order valence-electron chi connectivity index (χ0n) is 21.2. The lowest BCUT2D eigenvalue weighted by Crippen LogP contribution is -2.39. The first-order chi connectivity index (χ1) is 18.6. The number of hydrogen-bond donors (Lipinski definition) is 1. The Hall–Kier alpha value is -2.80. The molecule has 2 aliphatic rings. The molecule has 0 bridgehead atoms. The zero-order chi connectivity index (χ0) is 29.6. The van der Waals surface area contributed by atoms with Crippen LogP contribution in [0.2, 0.25) is 10.0 Å². The maximum absolute atomic E-state index is 14.5. The van der Waals surface area contributed by atoms with Crippen molar-refractivity contribution in [2.24, 2.45) is 11.3 Å². The van der Waals surface area contributed by atoms with E-state index in [2.05, 4.69) is 10.1 Å². The van der Waals surface area contributed by atoms with Gasteiger partial charge in [0.05, 0.1) is 45.4 Å². The zero-order valence-corrected chi connectivity index (χ0v) is 22.7. The molecule has 4 rings (SSSR count). The van der Waals surface area contributed by atoms with E-state index in [-0.39, 0.29) is 47.7 Å². The van der Waals surface area contributed by atoms with E-state index in [9.17, 15) is 41.4 Å². The normalized spacial score (nSPS) is 26.4. The smallest absolute Gasteiger partial charge is 0.433 e. The van der Waals surface area contributed by atoms with Crippen LogP contribution >= 0.6 is 23.2 Å². The number of alkyl halides is 5. The van der Waals surface area contributed by atoms with Crippen LogP contribution in [0.1, 0.15) is 71.5 Å². The van der Waals surface area contributed by atoms with Gasteiger partial charge >= 0.3 is 12.1 Å². The second-order valence-electron chi connectivity index (χ2n) is 10.6. The Bertz CT molecular complexity index is 1310. The lowest BCUT2D eigenvalue weighted by molar-refractivity contribution is -0.152. The molecule has 2 heterocycles. The minimum Gasteiger partial charge on any atom is -0.481 e. The van der Waals surface area contributed by atoms with E-state index in [0.717, 1.165) is 23.5 Å². The van der Waals surface area contributed by atoms with Crippen LogP contribution in [0.4, 0.5) is 22.0 Å². The summed E-state index contributed by atoms with van der Waals surface area (Å²) in [6.45, 7) is -1.18. The monoisotopic (exact) mass is 610 g/mol. The Morgan fingerprint density at radius 3 is 2.25 bits per heavy atom. The third-order valence-corrected chi connectivity index (χ3v) is 8.36. The highest BCUT2D eigenvalue weighted by molar-refractivity contribution is 6.39. The minimum absolute atomic E-state index is 0.0748. The molecule has 218 valence electrons. The topological polar surface area (TPSA) is 105 Å². The highest BCUT2D eigenvalue weighted by Gasteiger charge is 2.57. The molecule has 40 heavy (non-hydrogen) atoms. The number of amides is 1. The Morgan fingerprint density at radius 2 is 1.75 bits per heavy atom. The number of rotatable bonds is 9. The van der Waals surface area contributed by atoms with Gasteiger partial charge in [-0.2, -0.15) is 18.3 Å². The molecule has 0 aromatic carbocycles. The molecule has 2 aromatic rings. The van der Waals surface area contributed by atoms with Crippen molar-refractivity contribution >= 4 is 40.9 Å². The number of nitrogens with zero attached hydrogens (tertiary/aromatic N) is 4. The summed E-state index contributed by atoms with van der Waals surface area (Å²) < 4.78 is 71.3. The van der Waals surface area contributed by atoms with Crippen LogP contribution in [0.15, 0.2) is 18.6 Å². The van der Waals surface area contributed by atoms with Gasteiger partial charge in [0.15, 0.2) is 11.5 Å². The third-order valence-electron chi connectivity index (χ3n) is 7.79. The molecule has 1 N–H and O–H groups in total. The van der Waals surface area contributed by atoms with Gasteiger partial charge in [-0.25, -0.2) is 8.78 Å². The van der Waals surface area contributed by atoms with Gasteiger partial charge in [-0.15, -0.1) is 0 Å². The first-order valence-electron chi connectivity index (χ1n) is 12.4. The Kier molecular flexibility index (Phi) is 8.21.